The molecule has 5 N–H and O–H groups in total. The molecule has 1 aliphatic carbocycles. The maximum Gasteiger partial charge on any atom is 0.337 e. The van der Waals surface area contributed by atoms with E-state index in [-0.39, 0.29) is 48.5 Å². The molecule has 4 aliphatic rings. The van der Waals surface area contributed by atoms with Crippen molar-refractivity contribution in [2.24, 2.45) is 23.7 Å². The van der Waals surface area contributed by atoms with Crippen LogP contribution in [-0.2, 0) is 25.5 Å². The summed E-state index contributed by atoms with van der Waals surface area (Å²) in [4.78, 5) is 34.2. The normalized spacial score (nSPS) is 26.9. The van der Waals surface area contributed by atoms with Gasteiger partial charge in [0.1, 0.15) is 12.7 Å². The van der Waals surface area contributed by atoms with Crippen molar-refractivity contribution in [1.82, 2.24) is 20.6 Å². The van der Waals surface area contributed by atoms with Gasteiger partial charge in [-0.1, -0.05) is 46.6 Å². The lowest BCUT2D eigenvalue weighted by Gasteiger charge is -2.24. The van der Waals surface area contributed by atoms with Crippen molar-refractivity contribution in [2.75, 3.05) is 13.7 Å². The summed E-state index contributed by atoms with van der Waals surface area (Å²) in [5, 5.41) is 21.8. The molecule has 2 unspecified atom stereocenters. The lowest BCUT2D eigenvalue weighted by atomic mass is 9.82. The fourth-order valence-corrected chi connectivity index (χ4v) is 9.39. The smallest absolute Gasteiger partial charge is 0.337 e. The summed E-state index contributed by atoms with van der Waals surface area (Å²) in [6.45, 7) is 19.9. The molecule has 0 amide bonds. The summed E-state index contributed by atoms with van der Waals surface area (Å²) in [6, 6.07) is -0.250. The molecule has 0 aromatic carbocycles. The fourth-order valence-electron chi connectivity index (χ4n) is 9.39. The number of carbonyl (C=O) groups excluding carboxylic acids is 2. The van der Waals surface area contributed by atoms with Crippen LogP contribution < -0.4 is 21.3 Å². The maximum absolute atomic E-state index is 13.6. The number of ether oxygens (including phenoxy) is 2. The molecule has 9 heteroatoms. The minimum Gasteiger partial charge on any atom is -0.466 e. The second kappa shape index (κ2) is 16.2. The molecule has 8 bridgehead atoms. The van der Waals surface area contributed by atoms with E-state index in [2.05, 4.69) is 94.2 Å². The van der Waals surface area contributed by atoms with Crippen molar-refractivity contribution in [2.45, 2.75) is 125 Å². The number of aromatic nitrogens is 2. The third-order valence-corrected chi connectivity index (χ3v) is 12.7. The van der Waals surface area contributed by atoms with E-state index in [4.69, 9.17) is 9.47 Å². The lowest BCUT2D eigenvalue weighted by molar-refractivity contribution is -0.143. The molecule has 1 saturated heterocycles. The highest BCUT2D eigenvalue weighted by Crippen LogP contribution is 2.50. The molecule has 54 heavy (non-hydrogen) atoms. The van der Waals surface area contributed by atoms with Crippen LogP contribution in [0.3, 0.4) is 0 Å². The average Bonchev–Trinajstić information content (AvgIpc) is 3.87. The summed E-state index contributed by atoms with van der Waals surface area (Å²) in [5.41, 5.74) is 11.3. The molecule has 6 atom stereocenters. The first-order chi connectivity index (χ1) is 25.8. The van der Waals surface area contributed by atoms with Crippen LogP contribution in [0.25, 0.3) is 17.7 Å². The quantitative estimate of drug-likeness (QED) is 0.123. The minimum absolute atomic E-state index is 0.0152. The van der Waals surface area contributed by atoms with Gasteiger partial charge < -0.3 is 35.2 Å². The van der Waals surface area contributed by atoms with Gasteiger partial charge in [-0.2, -0.15) is 0 Å². The Morgan fingerprint density at radius 3 is 2.46 bits per heavy atom. The Morgan fingerprint density at radius 2 is 1.78 bits per heavy atom. The van der Waals surface area contributed by atoms with Gasteiger partial charge in [0.25, 0.3) is 0 Å². The van der Waals surface area contributed by atoms with Crippen molar-refractivity contribution in [1.29, 1.82) is 0 Å². The zero-order valence-electron chi connectivity index (χ0n) is 34.1. The van der Waals surface area contributed by atoms with E-state index in [9.17, 15) is 14.7 Å². The number of allylic oxidation sites excluding steroid dienone is 3. The maximum atomic E-state index is 13.6. The Bertz CT molecular complexity index is 2040. The second-order valence-electron chi connectivity index (χ2n) is 16.4. The average molecular weight is 739 g/mol. The van der Waals surface area contributed by atoms with Crippen molar-refractivity contribution < 1.29 is 24.2 Å². The molecule has 6 rings (SSSR count). The zero-order valence-corrected chi connectivity index (χ0v) is 34.1. The van der Waals surface area contributed by atoms with Crippen LogP contribution in [0.5, 0.6) is 0 Å². The lowest BCUT2D eigenvalue weighted by Crippen LogP contribution is -2.31. The number of hydrogen-bond acceptors (Lipinski definition) is 7. The van der Waals surface area contributed by atoms with Crippen LogP contribution in [0.1, 0.15) is 127 Å². The number of esters is 2. The van der Waals surface area contributed by atoms with Gasteiger partial charge in [-0.3, -0.25) is 4.79 Å². The molecule has 0 saturated carbocycles. The predicted molar refractivity (Wildman–Crippen MR) is 215 cm³/mol. The van der Waals surface area contributed by atoms with Crippen molar-refractivity contribution >= 4 is 29.7 Å². The highest BCUT2D eigenvalue weighted by molar-refractivity contribution is 6.03. The molecule has 2 aromatic rings. The number of fused-ring (bicyclic) bond motifs is 8. The molecule has 5 heterocycles. The summed E-state index contributed by atoms with van der Waals surface area (Å²) in [5.74, 6) is 0.146. The number of aliphatic hydroxyl groups is 1. The first kappa shape index (κ1) is 39.5. The molecule has 0 spiro atoms. The number of aliphatic hydroxyl groups excluding tert-OH is 1. The fraction of sp³-hybridized carbons (Fsp3) is 0.556. The van der Waals surface area contributed by atoms with E-state index in [0.29, 0.717) is 29.4 Å². The van der Waals surface area contributed by atoms with Crippen LogP contribution in [0, 0.1) is 37.5 Å². The van der Waals surface area contributed by atoms with E-state index in [1.54, 1.807) is 0 Å². The van der Waals surface area contributed by atoms with E-state index < -0.39 is 12.1 Å². The molecule has 9 nitrogen and oxygen atoms in total. The highest BCUT2D eigenvalue weighted by atomic mass is 16.5. The van der Waals surface area contributed by atoms with Gasteiger partial charge in [-0.05, 0) is 118 Å². The monoisotopic (exact) mass is 738 g/mol. The van der Waals surface area contributed by atoms with Crippen LogP contribution in [0.2, 0.25) is 0 Å². The molecule has 3 aliphatic heterocycles. The summed E-state index contributed by atoms with van der Waals surface area (Å²) in [7, 11) is 1.36. The van der Waals surface area contributed by atoms with E-state index in [1.165, 1.54) is 35.8 Å². The van der Waals surface area contributed by atoms with Gasteiger partial charge in [-0.25, -0.2) is 4.79 Å². The van der Waals surface area contributed by atoms with Crippen molar-refractivity contribution in [3.8, 4) is 0 Å². The molecule has 2 aromatic heterocycles. The van der Waals surface area contributed by atoms with Gasteiger partial charge in [0.2, 0.25) is 0 Å². The van der Waals surface area contributed by atoms with Crippen molar-refractivity contribution in [3.05, 3.63) is 84.6 Å². The topological polar surface area (TPSA) is 128 Å². The number of nitrogens with one attached hydrogen (secondary N) is 4. The molecule has 292 valence electrons. The second-order valence-corrected chi connectivity index (χ2v) is 16.4. The number of rotatable bonds is 12. The summed E-state index contributed by atoms with van der Waals surface area (Å²) in [6.07, 6.45) is 13.6. The highest BCUT2D eigenvalue weighted by Gasteiger charge is 2.47. The van der Waals surface area contributed by atoms with E-state index in [1.807, 2.05) is 13.0 Å². The van der Waals surface area contributed by atoms with Gasteiger partial charge in [0.15, 0.2) is 0 Å². The van der Waals surface area contributed by atoms with E-state index in [0.717, 1.165) is 64.7 Å². The molecular weight excluding hydrogens is 677 g/mol. The predicted octanol–water partition coefficient (Wildman–Crippen LogP) is 6.59. The Morgan fingerprint density at radius 1 is 1.02 bits per heavy atom. The Hall–Kier alpha value is -4.24. The number of methoxy groups -OCH3 is 1. The van der Waals surface area contributed by atoms with Gasteiger partial charge in [-0.15, -0.1) is 0 Å². The summed E-state index contributed by atoms with van der Waals surface area (Å²) < 4.78 is 11.0. The Kier molecular flexibility index (Phi) is 11.9. The third-order valence-electron chi connectivity index (χ3n) is 12.7. The van der Waals surface area contributed by atoms with Crippen molar-refractivity contribution in [3.63, 3.8) is 0 Å². The number of aromatic amines is 2. The van der Waals surface area contributed by atoms with Gasteiger partial charge in [0.05, 0.1) is 30.5 Å². The van der Waals surface area contributed by atoms with Gasteiger partial charge >= 0.3 is 11.9 Å². The van der Waals surface area contributed by atoms with Gasteiger partial charge in [0, 0.05) is 57.2 Å². The minimum atomic E-state index is -1.15. The Labute approximate surface area is 321 Å². The van der Waals surface area contributed by atoms with Crippen LogP contribution in [0.15, 0.2) is 40.3 Å². The first-order valence-electron chi connectivity index (χ1n) is 20.2. The summed E-state index contributed by atoms with van der Waals surface area (Å²) >= 11 is 0. The standard InChI is InChI=1S/C45H62N4O5/c1-11-29-25(6)32-20-34-27(8)31(16-17-38(50)54-19-18-24(5)15-13-14-23(3)4)42(48-34)40-41(45(52)53-10)44(51)39-28(9)35(49-43(39)40)22-37-30(12-2)26(7)33(47-37)21-36(29)46-32/h18,20-23,27,29,31,36,42,44,46-49,51H,11-17,19H2,1-10H3/b24-18-,33-21-,34-20-,37-22-/t27-,29-,31-,36?,42?,44-/m0/s1. The third kappa shape index (κ3) is 7.40. The number of carbonyl (C=O) groups is 2. The van der Waals surface area contributed by atoms with Crippen LogP contribution in [0.4, 0.5) is 0 Å². The number of hydrogen-bond donors (Lipinski definition) is 5. The largest absolute Gasteiger partial charge is 0.466 e. The van der Waals surface area contributed by atoms with E-state index >= 15 is 0 Å². The molecule has 0 radical (unpaired) electrons. The first-order valence-corrected chi connectivity index (χ1v) is 20.2. The van der Waals surface area contributed by atoms with Crippen LogP contribution >= 0.6 is 0 Å². The number of H-pyrrole nitrogens is 2. The zero-order chi connectivity index (χ0) is 39.0. The molecular formula is C45H62N4O5. The molecule has 1 fully saturated rings. The Balaban J connectivity index is 1.42. The SMILES string of the molecule is CCc1c(C)/c2[nH]/c1=C\c1[nH]c3c(c1C)[C@H](O)C(C(=O)OC)=C3C1N/C(=C\C3=C(C)[C@H](CC)C(\C=2)N3)[C@@H](C)[C@@H]1CCC(=O)OC/C=C(/C)CCCC(C)C. The van der Waals surface area contributed by atoms with Crippen LogP contribution in [-0.4, -0.2) is 52.8 Å².